The minimum absolute atomic E-state index is 0.00229. The predicted molar refractivity (Wildman–Crippen MR) is 143 cm³/mol. The number of nitrogens with zero attached hydrogens (tertiary/aromatic N) is 3. The lowest BCUT2D eigenvalue weighted by Gasteiger charge is -2.38. The van der Waals surface area contributed by atoms with Crippen molar-refractivity contribution in [2.45, 2.75) is 18.4 Å². The zero-order valence-electron chi connectivity index (χ0n) is 21.1. The second-order valence-corrected chi connectivity index (χ2v) is 11.2. The van der Waals surface area contributed by atoms with Crippen molar-refractivity contribution in [3.63, 3.8) is 0 Å². The van der Waals surface area contributed by atoms with Gasteiger partial charge in [-0.3, -0.25) is 4.79 Å². The van der Waals surface area contributed by atoms with Crippen molar-refractivity contribution >= 4 is 27.1 Å². The first kappa shape index (κ1) is 26.5. The fraction of sp³-hybridized carbons (Fsp3) is 0.321. The number of ether oxygens (including phenoxy) is 1. The third-order valence-electron chi connectivity index (χ3n) is 6.59. The molecule has 1 amide bonds. The van der Waals surface area contributed by atoms with E-state index in [0.29, 0.717) is 38.4 Å². The molecule has 0 N–H and O–H groups in total. The van der Waals surface area contributed by atoms with Crippen LogP contribution in [0.2, 0.25) is 0 Å². The lowest BCUT2D eigenvalue weighted by Crippen LogP contribution is -2.51. The molecule has 37 heavy (non-hydrogen) atoms. The van der Waals surface area contributed by atoms with E-state index in [1.165, 1.54) is 12.1 Å². The number of carbonyl (C=O) groups is 1. The van der Waals surface area contributed by atoms with E-state index >= 15 is 0 Å². The number of methoxy groups -OCH3 is 1. The first-order valence-electron chi connectivity index (χ1n) is 12.3. The molecule has 1 aliphatic rings. The molecule has 0 spiro atoms. The number of benzene rings is 3. The topological polar surface area (TPSA) is 70.2 Å². The van der Waals surface area contributed by atoms with Gasteiger partial charge in [0.2, 0.25) is 5.91 Å². The molecule has 196 valence electrons. The van der Waals surface area contributed by atoms with Gasteiger partial charge in [0.1, 0.15) is 11.6 Å². The van der Waals surface area contributed by atoms with Crippen molar-refractivity contribution in [3.8, 4) is 5.75 Å². The number of sulfone groups is 1. The van der Waals surface area contributed by atoms with Crippen molar-refractivity contribution in [2.75, 3.05) is 55.4 Å². The van der Waals surface area contributed by atoms with Gasteiger partial charge in [-0.15, -0.1) is 0 Å². The number of rotatable bonds is 9. The van der Waals surface area contributed by atoms with Gasteiger partial charge in [-0.05, 0) is 48.0 Å². The highest BCUT2D eigenvalue weighted by atomic mass is 32.2. The van der Waals surface area contributed by atoms with E-state index in [2.05, 4.69) is 0 Å². The molecule has 7 nitrogen and oxygen atoms in total. The smallest absolute Gasteiger partial charge is 0.242 e. The minimum Gasteiger partial charge on any atom is -0.497 e. The Labute approximate surface area is 218 Å². The Hall–Kier alpha value is -3.59. The van der Waals surface area contributed by atoms with Crippen LogP contribution in [0.15, 0.2) is 77.7 Å². The number of piperazine rings is 1. The van der Waals surface area contributed by atoms with E-state index in [4.69, 9.17) is 4.74 Å². The van der Waals surface area contributed by atoms with Gasteiger partial charge in [0.05, 0.1) is 30.0 Å². The van der Waals surface area contributed by atoms with E-state index in [9.17, 15) is 17.6 Å². The van der Waals surface area contributed by atoms with Gasteiger partial charge in [-0.25, -0.2) is 12.8 Å². The predicted octanol–water partition coefficient (Wildman–Crippen LogP) is 3.98. The van der Waals surface area contributed by atoms with Gasteiger partial charge in [0.25, 0.3) is 0 Å². The summed E-state index contributed by atoms with van der Waals surface area (Å²) >= 11 is 0. The monoisotopic (exact) mass is 525 g/mol. The molecule has 0 saturated carbocycles. The zero-order chi connectivity index (χ0) is 26.4. The number of hydrogen-bond acceptors (Lipinski definition) is 6. The molecule has 1 aliphatic heterocycles. The number of amides is 1. The summed E-state index contributed by atoms with van der Waals surface area (Å²) < 4.78 is 44.2. The fourth-order valence-corrected chi connectivity index (χ4v) is 5.56. The van der Waals surface area contributed by atoms with Crippen LogP contribution in [0.1, 0.15) is 12.5 Å². The Bertz CT molecular complexity index is 1310. The SMILES string of the molecule is CCS(=O)(=O)c1cc(F)ccc1N1CCN(C(=O)CN(Cc2ccc(OC)cc2)c2ccccc2)CC1. The lowest BCUT2D eigenvalue weighted by atomic mass is 10.1. The number of anilines is 2. The van der Waals surface area contributed by atoms with Gasteiger partial charge in [0, 0.05) is 38.4 Å². The second-order valence-electron chi connectivity index (χ2n) is 8.92. The lowest BCUT2D eigenvalue weighted by molar-refractivity contribution is -0.130. The molecular weight excluding hydrogens is 493 g/mol. The number of carbonyl (C=O) groups excluding carboxylic acids is 1. The van der Waals surface area contributed by atoms with Crippen LogP contribution >= 0.6 is 0 Å². The summed E-state index contributed by atoms with van der Waals surface area (Å²) in [6.07, 6.45) is 0. The Balaban J connectivity index is 1.45. The first-order valence-corrected chi connectivity index (χ1v) is 13.9. The van der Waals surface area contributed by atoms with E-state index < -0.39 is 15.7 Å². The molecular formula is C28H32FN3O4S. The summed E-state index contributed by atoms with van der Waals surface area (Å²) in [5.41, 5.74) is 2.50. The van der Waals surface area contributed by atoms with Crippen molar-refractivity contribution in [2.24, 2.45) is 0 Å². The largest absolute Gasteiger partial charge is 0.497 e. The third-order valence-corrected chi connectivity index (χ3v) is 8.35. The highest BCUT2D eigenvalue weighted by Crippen LogP contribution is 2.28. The summed E-state index contributed by atoms with van der Waals surface area (Å²) in [7, 11) is -1.96. The molecule has 0 radical (unpaired) electrons. The molecule has 3 aromatic carbocycles. The molecule has 1 heterocycles. The Morgan fingerprint density at radius 1 is 0.973 bits per heavy atom. The van der Waals surface area contributed by atoms with E-state index in [1.807, 2.05) is 64.4 Å². The van der Waals surface area contributed by atoms with Crippen LogP contribution in [-0.2, 0) is 21.2 Å². The Morgan fingerprint density at radius 2 is 1.65 bits per heavy atom. The van der Waals surface area contributed by atoms with Crippen molar-refractivity contribution in [1.82, 2.24) is 4.90 Å². The maximum absolute atomic E-state index is 13.9. The quantitative estimate of drug-likeness (QED) is 0.421. The summed E-state index contributed by atoms with van der Waals surface area (Å²) in [5, 5.41) is 0. The number of hydrogen-bond donors (Lipinski definition) is 0. The molecule has 0 unspecified atom stereocenters. The molecule has 0 aliphatic carbocycles. The van der Waals surface area contributed by atoms with Crippen LogP contribution in [0.5, 0.6) is 5.75 Å². The average molecular weight is 526 g/mol. The molecule has 0 atom stereocenters. The average Bonchev–Trinajstić information content (AvgIpc) is 2.93. The molecule has 9 heteroatoms. The molecule has 3 aromatic rings. The molecule has 1 saturated heterocycles. The van der Waals surface area contributed by atoms with Gasteiger partial charge in [0.15, 0.2) is 9.84 Å². The van der Waals surface area contributed by atoms with E-state index in [1.54, 1.807) is 18.9 Å². The van der Waals surface area contributed by atoms with Gasteiger partial charge < -0.3 is 19.4 Å². The standard InChI is InChI=1S/C28H32FN3O4S/c1-3-37(34,35)27-19-23(29)11-14-26(27)30-15-17-31(18-16-30)28(33)21-32(24-7-5-4-6-8-24)20-22-9-12-25(36-2)13-10-22/h4-14,19H,3,15-18,20-21H2,1-2H3. The summed E-state index contributed by atoms with van der Waals surface area (Å²) in [5.74, 6) is 0.0887. The molecule has 0 aromatic heterocycles. The Kier molecular flexibility index (Phi) is 8.33. The summed E-state index contributed by atoms with van der Waals surface area (Å²) in [6, 6.07) is 21.5. The van der Waals surface area contributed by atoms with Crippen LogP contribution in [0.3, 0.4) is 0 Å². The zero-order valence-corrected chi connectivity index (χ0v) is 22.0. The van der Waals surface area contributed by atoms with Crippen LogP contribution in [-0.4, -0.2) is 64.8 Å². The fourth-order valence-electron chi connectivity index (χ4n) is 4.44. The van der Waals surface area contributed by atoms with Gasteiger partial charge in [-0.2, -0.15) is 0 Å². The summed E-state index contributed by atoms with van der Waals surface area (Å²) in [4.78, 5) is 19.1. The van der Waals surface area contributed by atoms with E-state index in [0.717, 1.165) is 23.1 Å². The van der Waals surface area contributed by atoms with Crippen LogP contribution in [0.4, 0.5) is 15.8 Å². The number of para-hydroxylation sites is 1. The van der Waals surface area contributed by atoms with Crippen molar-refractivity contribution in [1.29, 1.82) is 0 Å². The Morgan fingerprint density at radius 3 is 2.27 bits per heavy atom. The van der Waals surface area contributed by atoms with Crippen LogP contribution < -0.4 is 14.5 Å². The maximum atomic E-state index is 13.9. The minimum atomic E-state index is -3.59. The summed E-state index contributed by atoms with van der Waals surface area (Å²) in [6.45, 7) is 4.15. The maximum Gasteiger partial charge on any atom is 0.242 e. The second kappa shape index (κ2) is 11.6. The normalized spacial score (nSPS) is 13.9. The van der Waals surface area contributed by atoms with E-state index in [-0.39, 0.29) is 23.1 Å². The molecule has 1 fully saturated rings. The number of halogens is 1. The third kappa shape index (κ3) is 6.40. The van der Waals surface area contributed by atoms with Crippen LogP contribution in [0, 0.1) is 5.82 Å². The van der Waals surface area contributed by atoms with Crippen molar-refractivity contribution in [3.05, 3.63) is 84.2 Å². The first-order chi connectivity index (χ1) is 17.8. The molecule has 0 bridgehead atoms. The molecule has 4 rings (SSSR count). The highest BCUT2D eigenvalue weighted by molar-refractivity contribution is 7.91. The van der Waals surface area contributed by atoms with Crippen LogP contribution in [0.25, 0.3) is 0 Å². The van der Waals surface area contributed by atoms with Crippen molar-refractivity contribution < 1.29 is 22.3 Å². The highest BCUT2D eigenvalue weighted by Gasteiger charge is 2.27. The van der Waals surface area contributed by atoms with Gasteiger partial charge >= 0.3 is 0 Å². The van der Waals surface area contributed by atoms with Gasteiger partial charge in [-0.1, -0.05) is 37.3 Å².